The van der Waals surface area contributed by atoms with Crippen molar-refractivity contribution in [3.8, 4) is 0 Å². The monoisotopic (exact) mass is 342 g/mol. The summed E-state index contributed by atoms with van der Waals surface area (Å²) in [5.74, 6) is -1.04. The Hall–Kier alpha value is -3.22. The first-order chi connectivity index (χ1) is 11.9. The van der Waals surface area contributed by atoms with Crippen molar-refractivity contribution in [3.05, 3.63) is 75.3 Å². The van der Waals surface area contributed by atoms with Crippen molar-refractivity contribution in [3.63, 3.8) is 0 Å². The number of methoxy groups -OCH3 is 1. The maximum atomic E-state index is 12.8. The minimum absolute atomic E-state index is 0.136. The summed E-state index contributed by atoms with van der Waals surface area (Å²) in [5, 5.41) is 11.1. The quantitative estimate of drug-likeness (QED) is 0.457. The molecule has 130 valence electrons. The van der Waals surface area contributed by atoms with Crippen molar-refractivity contribution in [1.29, 1.82) is 0 Å². The zero-order valence-corrected chi connectivity index (χ0v) is 14.0. The molecule has 0 spiro atoms. The average molecular weight is 342 g/mol. The van der Waals surface area contributed by atoms with Gasteiger partial charge in [-0.2, -0.15) is 0 Å². The number of carbonyl (C=O) groups is 2. The number of hydrogen-bond donors (Lipinski definition) is 0. The van der Waals surface area contributed by atoms with Crippen LogP contribution in [0.3, 0.4) is 0 Å². The number of nitro benzene ring substituents is 1. The van der Waals surface area contributed by atoms with Crippen molar-refractivity contribution in [2.75, 3.05) is 13.7 Å². The molecule has 1 amide bonds. The van der Waals surface area contributed by atoms with E-state index in [0.717, 1.165) is 5.56 Å². The Bertz CT molecular complexity index is 789. The molecule has 7 heteroatoms. The van der Waals surface area contributed by atoms with Gasteiger partial charge in [0.15, 0.2) is 0 Å². The minimum Gasteiger partial charge on any atom is -0.468 e. The number of benzene rings is 2. The molecular weight excluding hydrogens is 324 g/mol. The van der Waals surface area contributed by atoms with Gasteiger partial charge in [0, 0.05) is 23.7 Å². The lowest BCUT2D eigenvalue weighted by Crippen LogP contribution is -2.35. The van der Waals surface area contributed by atoms with E-state index in [0.29, 0.717) is 5.56 Å². The van der Waals surface area contributed by atoms with Crippen LogP contribution in [0.15, 0.2) is 48.5 Å². The molecular formula is C18H18N2O5. The SMILES string of the molecule is COC(=O)CN(Cc1ccccc1)C(=O)c1ccc(C)c([N+](=O)[O-])c1. The van der Waals surface area contributed by atoms with Crippen molar-refractivity contribution in [2.24, 2.45) is 0 Å². The van der Waals surface area contributed by atoms with Gasteiger partial charge >= 0.3 is 5.97 Å². The summed E-state index contributed by atoms with van der Waals surface area (Å²) in [6.07, 6.45) is 0. The second kappa shape index (κ2) is 8.05. The summed E-state index contributed by atoms with van der Waals surface area (Å²) < 4.78 is 4.64. The van der Waals surface area contributed by atoms with Crippen LogP contribution in [0.2, 0.25) is 0 Å². The van der Waals surface area contributed by atoms with Crippen LogP contribution < -0.4 is 0 Å². The summed E-state index contributed by atoms with van der Waals surface area (Å²) in [4.78, 5) is 36.3. The molecule has 0 aliphatic rings. The third-order valence-corrected chi connectivity index (χ3v) is 3.70. The van der Waals surface area contributed by atoms with Gasteiger partial charge in [-0.15, -0.1) is 0 Å². The van der Waals surface area contributed by atoms with Crippen LogP contribution in [0.25, 0.3) is 0 Å². The van der Waals surface area contributed by atoms with Gasteiger partial charge in [0.2, 0.25) is 0 Å². The third-order valence-electron chi connectivity index (χ3n) is 3.70. The van der Waals surface area contributed by atoms with Gasteiger partial charge in [0.05, 0.1) is 12.0 Å². The molecule has 0 unspecified atom stereocenters. The van der Waals surface area contributed by atoms with Crippen molar-refractivity contribution in [2.45, 2.75) is 13.5 Å². The Balaban J connectivity index is 2.32. The third kappa shape index (κ3) is 4.63. The van der Waals surface area contributed by atoms with Crippen molar-refractivity contribution in [1.82, 2.24) is 4.90 Å². The molecule has 0 saturated carbocycles. The topological polar surface area (TPSA) is 89.8 Å². The normalized spacial score (nSPS) is 10.2. The van der Waals surface area contributed by atoms with Crippen LogP contribution in [0.5, 0.6) is 0 Å². The number of nitro groups is 1. The predicted octanol–water partition coefficient (Wildman–Crippen LogP) is 2.72. The van der Waals surface area contributed by atoms with E-state index >= 15 is 0 Å². The lowest BCUT2D eigenvalue weighted by Gasteiger charge is -2.21. The summed E-state index contributed by atoms with van der Waals surface area (Å²) in [6, 6.07) is 13.4. The van der Waals surface area contributed by atoms with Crippen molar-refractivity contribution < 1.29 is 19.2 Å². The molecule has 0 aliphatic carbocycles. The number of amides is 1. The Morgan fingerprint density at radius 1 is 1.16 bits per heavy atom. The number of rotatable bonds is 6. The standard InChI is InChI=1S/C18H18N2O5/c1-13-8-9-15(10-16(13)20(23)24)18(22)19(12-17(21)25-2)11-14-6-4-3-5-7-14/h3-10H,11-12H2,1-2H3. The van der Waals surface area contributed by atoms with Crippen LogP contribution >= 0.6 is 0 Å². The van der Waals surface area contributed by atoms with Crippen LogP contribution in [0.4, 0.5) is 5.69 Å². The number of carbonyl (C=O) groups excluding carboxylic acids is 2. The zero-order valence-electron chi connectivity index (χ0n) is 14.0. The fourth-order valence-corrected chi connectivity index (χ4v) is 2.35. The second-order valence-electron chi connectivity index (χ2n) is 5.48. The molecule has 25 heavy (non-hydrogen) atoms. The van der Waals surface area contributed by atoms with E-state index in [9.17, 15) is 19.7 Å². The summed E-state index contributed by atoms with van der Waals surface area (Å²) in [7, 11) is 1.24. The molecule has 0 saturated heterocycles. The first-order valence-electron chi connectivity index (χ1n) is 7.57. The second-order valence-corrected chi connectivity index (χ2v) is 5.48. The smallest absolute Gasteiger partial charge is 0.325 e. The van der Waals surface area contributed by atoms with Gasteiger partial charge in [0.25, 0.3) is 11.6 Å². The molecule has 0 fully saturated rings. The lowest BCUT2D eigenvalue weighted by molar-refractivity contribution is -0.385. The molecule has 0 bridgehead atoms. The van der Waals surface area contributed by atoms with Crippen molar-refractivity contribution >= 4 is 17.6 Å². The van der Waals surface area contributed by atoms with E-state index in [1.54, 1.807) is 6.92 Å². The largest absolute Gasteiger partial charge is 0.468 e. The van der Waals surface area contributed by atoms with E-state index in [2.05, 4.69) is 4.74 Å². The van der Waals surface area contributed by atoms with Gasteiger partial charge in [-0.25, -0.2) is 0 Å². The highest BCUT2D eigenvalue weighted by Crippen LogP contribution is 2.21. The number of ether oxygens (including phenoxy) is 1. The maximum Gasteiger partial charge on any atom is 0.325 e. The van der Waals surface area contributed by atoms with Crippen LogP contribution in [0, 0.1) is 17.0 Å². The van der Waals surface area contributed by atoms with Crippen LogP contribution in [-0.2, 0) is 16.1 Å². The van der Waals surface area contributed by atoms with E-state index in [4.69, 9.17) is 0 Å². The Labute approximate surface area is 145 Å². The van der Waals surface area contributed by atoms with Gasteiger partial charge < -0.3 is 9.64 Å². The number of esters is 1. The molecule has 2 aromatic carbocycles. The maximum absolute atomic E-state index is 12.8. The molecule has 0 heterocycles. The van der Waals surface area contributed by atoms with Crippen LogP contribution in [-0.4, -0.2) is 35.4 Å². The first-order valence-corrected chi connectivity index (χ1v) is 7.57. The highest BCUT2D eigenvalue weighted by atomic mass is 16.6. The Kier molecular flexibility index (Phi) is 5.84. The molecule has 0 N–H and O–H groups in total. The fraction of sp³-hybridized carbons (Fsp3) is 0.222. The Morgan fingerprint density at radius 3 is 2.44 bits per heavy atom. The molecule has 7 nitrogen and oxygen atoms in total. The Morgan fingerprint density at radius 2 is 1.84 bits per heavy atom. The molecule has 0 atom stereocenters. The van der Waals surface area contributed by atoms with Gasteiger partial charge in [-0.1, -0.05) is 36.4 Å². The highest BCUT2D eigenvalue weighted by Gasteiger charge is 2.22. The van der Waals surface area contributed by atoms with E-state index < -0.39 is 16.8 Å². The lowest BCUT2D eigenvalue weighted by atomic mass is 10.1. The average Bonchev–Trinajstić information content (AvgIpc) is 2.61. The molecule has 0 radical (unpaired) electrons. The van der Waals surface area contributed by atoms with E-state index in [1.807, 2.05) is 30.3 Å². The molecule has 0 aromatic heterocycles. The zero-order chi connectivity index (χ0) is 18.4. The molecule has 2 aromatic rings. The van der Waals surface area contributed by atoms with Gasteiger partial charge in [-0.05, 0) is 18.6 Å². The summed E-state index contributed by atoms with van der Waals surface area (Å²) >= 11 is 0. The minimum atomic E-state index is -0.564. The molecule has 2 rings (SSSR count). The number of nitrogens with zero attached hydrogens (tertiary/aromatic N) is 2. The summed E-state index contributed by atoms with van der Waals surface area (Å²) in [6.45, 7) is 1.55. The van der Waals surface area contributed by atoms with Gasteiger partial charge in [0.1, 0.15) is 6.54 Å². The number of aryl methyl sites for hydroxylation is 1. The van der Waals surface area contributed by atoms with Crippen LogP contribution in [0.1, 0.15) is 21.5 Å². The van der Waals surface area contributed by atoms with E-state index in [-0.39, 0.29) is 24.3 Å². The highest BCUT2D eigenvalue weighted by molar-refractivity contribution is 5.96. The van der Waals surface area contributed by atoms with Gasteiger partial charge in [-0.3, -0.25) is 19.7 Å². The summed E-state index contributed by atoms with van der Waals surface area (Å²) in [5.41, 5.74) is 1.31. The first kappa shape index (κ1) is 18.1. The number of hydrogen-bond acceptors (Lipinski definition) is 5. The fourth-order valence-electron chi connectivity index (χ4n) is 2.35. The van der Waals surface area contributed by atoms with E-state index in [1.165, 1.54) is 30.2 Å². The predicted molar refractivity (Wildman–Crippen MR) is 91.0 cm³/mol. The molecule has 0 aliphatic heterocycles.